The molecule has 3 fully saturated rings. The summed E-state index contributed by atoms with van der Waals surface area (Å²) in [5.41, 5.74) is 1.25. The lowest BCUT2D eigenvalue weighted by Crippen LogP contribution is -2.47. The second-order valence-corrected chi connectivity index (χ2v) is 7.66. The molecule has 134 valence electrons. The maximum absolute atomic E-state index is 6.27. The molecule has 4 rings (SSSR count). The number of hydrogen-bond acceptors (Lipinski definition) is 5. The molecule has 0 amide bonds. The number of hydrogen-bond donors (Lipinski definition) is 0. The monoisotopic (exact) mass is 335 g/mol. The Bertz CT molecular complexity index is 499. The van der Waals surface area contributed by atoms with E-state index in [-0.39, 0.29) is 11.7 Å². The van der Waals surface area contributed by atoms with Crippen LogP contribution in [0.2, 0.25) is 0 Å². The highest BCUT2D eigenvalue weighted by atomic mass is 16.6. The molecule has 1 aromatic rings. The van der Waals surface area contributed by atoms with Gasteiger partial charge in [-0.1, -0.05) is 0 Å². The molecule has 2 atom stereocenters. The van der Waals surface area contributed by atoms with E-state index in [0.717, 1.165) is 71.7 Å². The van der Waals surface area contributed by atoms with Crippen molar-refractivity contribution in [1.29, 1.82) is 0 Å². The Morgan fingerprint density at radius 2 is 2.21 bits per heavy atom. The molecule has 1 aromatic heterocycles. The van der Waals surface area contributed by atoms with Crippen molar-refractivity contribution in [3.8, 4) is 0 Å². The van der Waals surface area contributed by atoms with Gasteiger partial charge >= 0.3 is 0 Å². The van der Waals surface area contributed by atoms with Crippen molar-refractivity contribution in [2.75, 3.05) is 39.5 Å². The van der Waals surface area contributed by atoms with Gasteiger partial charge in [-0.05, 0) is 44.2 Å². The Morgan fingerprint density at radius 1 is 1.29 bits per heavy atom. The van der Waals surface area contributed by atoms with Crippen molar-refractivity contribution in [3.05, 3.63) is 24.2 Å². The van der Waals surface area contributed by atoms with Gasteiger partial charge in [0.2, 0.25) is 0 Å². The van der Waals surface area contributed by atoms with E-state index in [9.17, 15) is 0 Å². The zero-order valence-corrected chi connectivity index (χ0v) is 14.5. The predicted molar refractivity (Wildman–Crippen MR) is 89.8 cm³/mol. The first-order valence-corrected chi connectivity index (χ1v) is 9.38. The van der Waals surface area contributed by atoms with Crippen LogP contribution in [0, 0.1) is 5.92 Å². The lowest BCUT2D eigenvalue weighted by atomic mass is 9.89. The Morgan fingerprint density at radius 3 is 3.04 bits per heavy atom. The summed E-state index contributed by atoms with van der Waals surface area (Å²) < 4.78 is 23.1. The van der Waals surface area contributed by atoms with Gasteiger partial charge in [0.15, 0.2) is 0 Å². The zero-order valence-electron chi connectivity index (χ0n) is 14.5. The van der Waals surface area contributed by atoms with Gasteiger partial charge in [0.05, 0.1) is 37.4 Å². The molecule has 0 radical (unpaired) electrons. The quantitative estimate of drug-likeness (QED) is 0.828. The highest BCUT2D eigenvalue weighted by Gasteiger charge is 2.44. The first-order valence-electron chi connectivity index (χ1n) is 9.38. The molecule has 24 heavy (non-hydrogen) atoms. The van der Waals surface area contributed by atoms with Gasteiger partial charge in [0.25, 0.3) is 0 Å². The average Bonchev–Trinajstić information content (AvgIpc) is 3.25. The lowest BCUT2D eigenvalue weighted by molar-refractivity contribution is -0.0555. The second-order valence-electron chi connectivity index (χ2n) is 7.66. The first kappa shape index (κ1) is 16.6. The van der Waals surface area contributed by atoms with Crippen LogP contribution >= 0.6 is 0 Å². The van der Waals surface area contributed by atoms with Gasteiger partial charge in [0, 0.05) is 38.3 Å². The second kappa shape index (κ2) is 7.56. The van der Waals surface area contributed by atoms with Crippen molar-refractivity contribution in [1.82, 2.24) is 4.90 Å². The molecule has 0 N–H and O–H groups in total. The van der Waals surface area contributed by atoms with E-state index in [1.165, 1.54) is 12.0 Å². The molecule has 0 aliphatic carbocycles. The molecule has 3 aliphatic rings. The molecule has 0 saturated carbocycles. The third-order valence-electron chi connectivity index (χ3n) is 5.69. The van der Waals surface area contributed by atoms with Crippen molar-refractivity contribution in [3.63, 3.8) is 0 Å². The van der Waals surface area contributed by atoms with Crippen LogP contribution in [-0.4, -0.2) is 56.1 Å². The molecular formula is C19H29NO4. The number of ether oxygens (including phenoxy) is 3. The van der Waals surface area contributed by atoms with Crippen LogP contribution in [-0.2, 0) is 20.8 Å². The van der Waals surface area contributed by atoms with Crippen LogP contribution in [0.3, 0.4) is 0 Å². The van der Waals surface area contributed by atoms with Gasteiger partial charge < -0.3 is 18.6 Å². The number of piperidine rings is 1. The Balaban J connectivity index is 1.26. The van der Waals surface area contributed by atoms with Gasteiger partial charge in [-0.15, -0.1) is 0 Å². The predicted octanol–water partition coefficient (Wildman–Crippen LogP) is 2.85. The van der Waals surface area contributed by atoms with Crippen LogP contribution in [0.4, 0.5) is 0 Å². The zero-order chi connectivity index (χ0) is 16.2. The Labute approximate surface area is 144 Å². The Hall–Kier alpha value is -0.880. The van der Waals surface area contributed by atoms with E-state index in [4.69, 9.17) is 18.6 Å². The van der Waals surface area contributed by atoms with E-state index in [1.807, 2.05) is 6.26 Å². The van der Waals surface area contributed by atoms with E-state index in [1.54, 1.807) is 6.26 Å². The Kier molecular flexibility index (Phi) is 5.22. The van der Waals surface area contributed by atoms with Crippen molar-refractivity contribution in [2.45, 2.75) is 50.4 Å². The summed E-state index contributed by atoms with van der Waals surface area (Å²) >= 11 is 0. The van der Waals surface area contributed by atoms with E-state index in [2.05, 4.69) is 11.0 Å². The molecule has 1 spiro atoms. The molecule has 3 saturated heterocycles. The summed E-state index contributed by atoms with van der Waals surface area (Å²) in [5, 5.41) is 0. The van der Waals surface area contributed by atoms with Crippen LogP contribution < -0.4 is 0 Å². The molecule has 3 aliphatic heterocycles. The third kappa shape index (κ3) is 4.02. The van der Waals surface area contributed by atoms with Crippen molar-refractivity contribution >= 4 is 0 Å². The summed E-state index contributed by atoms with van der Waals surface area (Å²) in [5.74, 6) is 0.666. The van der Waals surface area contributed by atoms with Crippen LogP contribution in [0.1, 0.15) is 37.7 Å². The maximum Gasteiger partial charge on any atom is 0.0947 e. The molecular weight excluding hydrogens is 306 g/mol. The van der Waals surface area contributed by atoms with E-state index >= 15 is 0 Å². The maximum atomic E-state index is 6.27. The fraction of sp³-hybridized carbons (Fsp3) is 0.789. The normalized spacial score (nSPS) is 32.6. The minimum Gasteiger partial charge on any atom is -0.472 e. The first-order chi connectivity index (χ1) is 11.8. The number of furan rings is 1. The number of rotatable bonds is 5. The summed E-state index contributed by atoms with van der Waals surface area (Å²) in [7, 11) is 0. The van der Waals surface area contributed by atoms with Gasteiger partial charge in [-0.2, -0.15) is 0 Å². The van der Waals surface area contributed by atoms with Crippen LogP contribution in [0.5, 0.6) is 0 Å². The van der Waals surface area contributed by atoms with Gasteiger partial charge in [0.1, 0.15) is 0 Å². The highest BCUT2D eigenvalue weighted by molar-refractivity contribution is 5.06. The van der Waals surface area contributed by atoms with Gasteiger partial charge in [-0.25, -0.2) is 0 Å². The molecule has 0 bridgehead atoms. The molecule has 5 nitrogen and oxygen atoms in total. The van der Waals surface area contributed by atoms with Crippen LogP contribution in [0.15, 0.2) is 23.0 Å². The molecule has 5 heteroatoms. The van der Waals surface area contributed by atoms with Crippen LogP contribution in [0.25, 0.3) is 0 Å². The van der Waals surface area contributed by atoms with E-state index < -0.39 is 0 Å². The molecule has 0 aromatic carbocycles. The smallest absolute Gasteiger partial charge is 0.0947 e. The third-order valence-corrected chi connectivity index (χ3v) is 5.69. The highest BCUT2D eigenvalue weighted by Crippen LogP contribution is 2.36. The number of likely N-dealkylation sites (tertiary alicyclic amines) is 1. The largest absolute Gasteiger partial charge is 0.472 e. The summed E-state index contributed by atoms with van der Waals surface area (Å²) in [6.45, 7) is 6.51. The van der Waals surface area contributed by atoms with E-state index in [0.29, 0.717) is 5.92 Å². The average molecular weight is 335 g/mol. The fourth-order valence-corrected chi connectivity index (χ4v) is 4.35. The summed E-state index contributed by atoms with van der Waals surface area (Å²) in [4.78, 5) is 2.50. The summed E-state index contributed by atoms with van der Waals surface area (Å²) in [6, 6.07) is 2.05. The molecule has 4 heterocycles. The van der Waals surface area contributed by atoms with Gasteiger partial charge in [-0.3, -0.25) is 4.90 Å². The minimum absolute atomic E-state index is 0.00231. The minimum atomic E-state index is 0.00231. The molecule has 0 unspecified atom stereocenters. The standard InChI is InChI=1S/C19H29NO4/c1-5-19(15-20(6-1)11-17-4-9-22-12-17)10-18(14-24-19)23-13-16-2-7-21-8-3-16/h4,9,12,16,18H,1-3,5-8,10-11,13-15H2/t18-,19-/m1/s1. The van der Waals surface area contributed by atoms with Crippen molar-refractivity contribution in [2.24, 2.45) is 5.92 Å². The lowest BCUT2D eigenvalue weighted by Gasteiger charge is -2.39. The number of nitrogens with zero attached hydrogens (tertiary/aromatic N) is 1. The fourth-order valence-electron chi connectivity index (χ4n) is 4.35. The topological polar surface area (TPSA) is 44.1 Å². The SMILES string of the molecule is c1cc(CN2CCC[C@@]3(C[C@@H](OCC4CCOCC4)CO3)C2)co1. The summed E-state index contributed by atoms with van der Waals surface area (Å²) in [6.07, 6.45) is 9.53. The van der Waals surface area contributed by atoms with Crippen molar-refractivity contribution < 1.29 is 18.6 Å².